The molecule has 0 amide bonds. The van der Waals surface area contributed by atoms with Crippen molar-refractivity contribution in [2.45, 2.75) is 27.2 Å². The van der Waals surface area contributed by atoms with Gasteiger partial charge in [-0.15, -0.1) is 0 Å². The lowest BCUT2D eigenvalue weighted by Crippen LogP contribution is -2.31. The smallest absolute Gasteiger partial charge is 0.156 e. The molecule has 0 N–H and O–H groups in total. The van der Waals surface area contributed by atoms with Crippen LogP contribution in [0.4, 0.5) is 5.82 Å². The van der Waals surface area contributed by atoms with Crippen LogP contribution in [-0.4, -0.2) is 53.9 Å². The van der Waals surface area contributed by atoms with Crippen molar-refractivity contribution in [2.75, 3.05) is 37.6 Å². The Morgan fingerprint density at radius 2 is 1.85 bits per heavy atom. The number of carbonyl (C=O) groups is 1. The van der Waals surface area contributed by atoms with E-state index in [-0.39, 0.29) is 5.15 Å². The SMILES string of the molecule is CCN(CC)CCCN(CC)c1ncnc(Cl)c1C=O. The van der Waals surface area contributed by atoms with Gasteiger partial charge in [-0.25, -0.2) is 9.97 Å². The molecule has 0 saturated heterocycles. The number of aldehydes is 1. The maximum Gasteiger partial charge on any atom is 0.156 e. The molecule has 1 heterocycles. The molecule has 6 heteroatoms. The van der Waals surface area contributed by atoms with Gasteiger partial charge in [-0.2, -0.15) is 0 Å². The molecule has 112 valence electrons. The van der Waals surface area contributed by atoms with E-state index in [1.54, 1.807) is 0 Å². The van der Waals surface area contributed by atoms with Gasteiger partial charge in [-0.1, -0.05) is 25.4 Å². The molecule has 1 rings (SSSR count). The van der Waals surface area contributed by atoms with Crippen molar-refractivity contribution in [1.29, 1.82) is 0 Å². The third-order valence-electron chi connectivity index (χ3n) is 3.41. The summed E-state index contributed by atoms with van der Waals surface area (Å²) in [6.45, 7) is 11.2. The minimum Gasteiger partial charge on any atom is -0.356 e. The fourth-order valence-corrected chi connectivity index (χ4v) is 2.33. The minimum atomic E-state index is 0.215. The summed E-state index contributed by atoms with van der Waals surface area (Å²) in [5, 5.41) is 0.215. The predicted molar refractivity (Wildman–Crippen MR) is 82.7 cm³/mol. The number of halogens is 1. The Morgan fingerprint density at radius 1 is 1.15 bits per heavy atom. The number of nitrogens with zero attached hydrogens (tertiary/aromatic N) is 4. The van der Waals surface area contributed by atoms with E-state index in [4.69, 9.17) is 11.6 Å². The molecule has 0 saturated carbocycles. The number of rotatable bonds is 9. The van der Waals surface area contributed by atoms with Crippen LogP contribution in [0, 0.1) is 0 Å². The van der Waals surface area contributed by atoms with E-state index < -0.39 is 0 Å². The van der Waals surface area contributed by atoms with Crippen LogP contribution in [0.2, 0.25) is 5.15 Å². The molecule has 1 aromatic rings. The first-order valence-corrected chi connectivity index (χ1v) is 7.48. The Kier molecular flexibility index (Phi) is 7.47. The summed E-state index contributed by atoms with van der Waals surface area (Å²) < 4.78 is 0. The number of hydrogen-bond acceptors (Lipinski definition) is 5. The van der Waals surface area contributed by atoms with E-state index in [2.05, 4.69) is 33.6 Å². The molecule has 1 aromatic heterocycles. The molecule has 0 unspecified atom stereocenters. The van der Waals surface area contributed by atoms with Gasteiger partial charge in [0, 0.05) is 13.1 Å². The predicted octanol–water partition coefficient (Wildman–Crippen LogP) is 2.50. The number of hydrogen-bond donors (Lipinski definition) is 0. The molecule has 20 heavy (non-hydrogen) atoms. The van der Waals surface area contributed by atoms with Crippen molar-refractivity contribution < 1.29 is 4.79 Å². The first-order valence-electron chi connectivity index (χ1n) is 7.10. The van der Waals surface area contributed by atoms with Gasteiger partial charge in [0.2, 0.25) is 0 Å². The second-order valence-corrected chi connectivity index (χ2v) is 4.84. The fourth-order valence-electron chi connectivity index (χ4n) is 2.16. The Hall–Kier alpha value is -1.20. The third-order valence-corrected chi connectivity index (χ3v) is 3.71. The van der Waals surface area contributed by atoms with Gasteiger partial charge in [-0.3, -0.25) is 4.79 Å². The summed E-state index contributed by atoms with van der Waals surface area (Å²) in [6, 6.07) is 0. The summed E-state index contributed by atoms with van der Waals surface area (Å²) >= 11 is 5.94. The minimum absolute atomic E-state index is 0.215. The summed E-state index contributed by atoms with van der Waals surface area (Å²) in [4.78, 5) is 23.6. The maximum absolute atomic E-state index is 11.1. The summed E-state index contributed by atoms with van der Waals surface area (Å²) in [5.41, 5.74) is 0.374. The summed E-state index contributed by atoms with van der Waals surface area (Å²) in [7, 11) is 0. The second kappa shape index (κ2) is 8.87. The van der Waals surface area contributed by atoms with Crippen molar-refractivity contribution in [3.05, 3.63) is 17.0 Å². The molecular formula is C14H23ClN4O. The lowest BCUT2D eigenvalue weighted by Gasteiger charge is -2.25. The van der Waals surface area contributed by atoms with Gasteiger partial charge < -0.3 is 9.80 Å². The van der Waals surface area contributed by atoms with Crippen molar-refractivity contribution in [2.24, 2.45) is 0 Å². The second-order valence-electron chi connectivity index (χ2n) is 4.48. The fraction of sp³-hybridized carbons (Fsp3) is 0.643. The van der Waals surface area contributed by atoms with Gasteiger partial charge >= 0.3 is 0 Å². The molecule has 0 bridgehead atoms. The Balaban J connectivity index is 2.71. The highest BCUT2D eigenvalue weighted by atomic mass is 35.5. The van der Waals surface area contributed by atoms with E-state index >= 15 is 0 Å². The molecular weight excluding hydrogens is 276 g/mol. The van der Waals surface area contributed by atoms with Crippen molar-refractivity contribution >= 4 is 23.7 Å². The van der Waals surface area contributed by atoms with Gasteiger partial charge in [0.1, 0.15) is 17.3 Å². The van der Waals surface area contributed by atoms with Crippen LogP contribution in [-0.2, 0) is 0 Å². The van der Waals surface area contributed by atoms with E-state index in [0.717, 1.165) is 45.4 Å². The third kappa shape index (κ3) is 4.42. The highest BCUT2D eigenvalue weighted by Gasteiger charge is 2.14. The first kappa shape index (κ1) is 16.9. The monoisotopic (exact) mass is 298 g/mol. The molecule has 5 nitrogen and oxygen atoms in total. The molecule has 0 radical (unpaired) electrons. The number of anilines is 1. The number of aromatic nitrogens is 2. The molecule has 0 fully saturated rings. The van der Waals surface area contributed by atoms with E-state index in [9.17, 15) is 4.79 Å². The van der Waals surface area contributed by atoms with Crippen LogP contribution >= 0.6 is 11.6 Å². The topological polar surface area (TPSA) is 49.3 Å². The lowest BCUT2D eigenvalue weighted by atomic mass is 10.2. The summed E-state index contributed by atoms with van der Waals surface area (Å²) in [5.74, 6) is 0.627. The molecule has 0 spiro atoms. The molecule has 0 aliphatic heterocycles. The Bertz CT molecular complexity index is 424. The normalized spacial score (nSPS) is 10.8. The average Bonchev–Trinajstić information content (AvgIpc) is 2.47. The molecule has 0 aromatic carbocycles. The van der Waals surface area contributed by atoms with Crippen LogP contribution < -0.4 is 4.90 Å². The van der Waals surface area contributed by atoms with Crippen LogP contribution in [0.25, 0.3) is 0 Å². The van der Waals surface area contributed by atoms with Gasteiger partial charge in [0.05, 0.1) is 5.56 Å². The van der Waals surface area contributed by atoms with Crippen LogP contribution in [0.3, 0.4) is 0 Å². The molecule has 0 atom stereocenters. The zero-order valence-electron chi connectivity index (χ0n) is 12.5. The van der Waals surface area contributed by atoms with Gasteiger partial charge in [0.15, 0.2) is 6.29 Å². The highest BCUT2D eigenvalue weighted by molar-refractivity contribution is 6.32. The maximum atomic E-state index is 11.1. The highest BCUT2D eigenvalue weighted by Crippen LogP contribution is 2.21. The van der Waals surface area contributed by atoms with Crippen LogP contribution in [0.1, 0.15) is 37.6 Å². The Morgan fingerprint density at radius 3 is 2.40 bits per heavy atom. The van der Waals surface area contributed by atoms with Crippen molar-refractivity contribution in [3.63, 3.8) is 0 Å². The van der Waals surface area contributed by atoms with Gasteiger partial charge in [0.25, 0.3) is 0 Å². The quantitative estimate of drug-likeness (QED) is 0.518. The standard InChI is InChI=1S/C14H23ClN4O/c1-4-18(5-2)8-7-9-19(6-3)14-12(10-20)13(15)16-11-17-14/h10-11H,4-9H2,1-3H3. The lowest BCUT2D eigenvalue weighted by molar-refractivity contribution is 0.112. The summed E-state index contributed by atoms with van der Waals surface area (Å²) in [6.07, 6.45) is 3.15. The average molecular weight is 299 g/mol. The van der Waals surface area contributed by atoms with Crippen molar-refractivity contribution in [3.8, 4) is 0 Å². The van der Waals surface area contributed by atoms with Crippen LogP contribution in [0.15, 0.2) is 6.33 Å². The molecule has 0 aliphatic rings. The Labute approximate surface area is 126 Å². The van der Waals surface area contributed by atoms with E-state index in [1.165, 1.54) is 6.33 Å². The van der Waals surface area contributed by atoms with Crippen LogP contribution in [0.5, 0.6) is 0 Å². The van der Waals surface area contributed by atoms with Gasteiger partial charge in [-0.05, 0) is 33.0 Å². The van der Waals surface area contributed by atoms with Crippen molar-refractivity contribution in [1.82, 2.24) is 14.9 Å². The zero-order chi connectivity index (χ0) is 15.0. The van der Waals surface area contributed by atoms with E-state index in [0.29, 0.717) is 11.4 Å². The molecule has 0 aliphatic carbocycles. The number of carbonyl (C=O) groups excluding carboxylic acids is 1. The largest absolute Gasteiger partial charge is 0.356 e. The first-order chi connectivity index (χ1) is 9.67. The van der Waals surface area contributed by atoms with E-state index in [1.807, 2.05) is 6.92 Å². The zero-order valence-corrected chi connectivity index (χ0v) is 13.2.